The van der Waals surface area contributed by atoms with E-state index in [0.717, 1.165) is 0 Å². The summed E-state index contributed by atoms with van der Waals surface area (Å²) in [5.74, 6) is 0.251. The molecule has 4 nitrogen and oxygen atoms in total. The molecule has 1 unspecified atom stereocenters. The smallest absolute Gasteiger partial charge is 0.283 e. The minimum absolute atomic E-state index is 0.0999. The molecule has 0 saturated carbocycles. The number of halogens is 2. The molecule has 0 saturated heterocycles. The number of hydrogen-bond acceptors (Lipinski definition) is 4. The second kappa shape index (κ2) is 5.20. The lowest BCUT2D eigenvalue weighted by molar-refractivity contribution is 0.143. The van der Waals surface area contributed by atoms with Crippen LogP contribution in [0.3, 0.4) is 0 Å². The van der Waals surface area contributed by atoms with Gasteiger partial charge in [0.1, 0.15) is 23.5 Å². The normalized spacial score (nSPS) is 12.9. The molecule has 1 atom stereocenters. The number of hydrogen-bond donors (Lipinski definition) is 0. The monoisotopic (exact) mass is 253 g/mol. The van der Waals surface area contributed by atoms with Crippen molar-refractivity contribution >= 4 is 0 Å². The first-order chi connectivity index (χ1) is 8.63. The molecule has 2 aromatic heterocycles. The summed E-state index contributed by atoms with van der Waals surface area (Å²) < 4.78 is 31.2. The van der Waals surface area contributed by atoms with E-state index in [-0.39, 0.29) is 23.3 Å². The molecule has 0 amide bonds. The topological polar surface area (TPSA) is 51.8 Å². The summed E-state index contributed by atoms with van der Waals surface area (Å²) in [5.41, 5.74) is 0.111. The third kappa shape index (κ3) is 2.37. The highest BCUT2D eigenvalue weighted by atomic mass is 19.3. The van der Waals surface area contributed by atoms with E-state index in [0.29, 0.717) is 12.1 Å². The first-order valence-electron chi connectivity index (χ1n) is 5.68. The molecular formula is C12H13F2N3O. The standard InChI is InChI=1S/C12H13F2N3O/c1-3-7(2)10-9(11(13)14)17-12(18-10)8-4-5-15-6-16-8/h4-7,11H,3H2,1-2H3. The van der Waals surface area contributed by atoms with Crippen LogP contribution in [0.1, 0.15) is 44.1 Å². The second-order valence-electron chi connectivity index (χ2n) is 3.97. The first-order valence-corrected chi connectivity index (χ1v) is 5.68. The zero-order valence-corrected chi connectivity index (χ0v) is 10.1. The Hall–Kier alpha value is -1.85. The van der Waals surface area contributed by atoms with E-state index in [4.69, 9.17) is 4.42 Å². The summed E-state index contributed by atoms with van der Waals surface area (Å²) in [6, 6.07) is 1.57. The lowest BCUT2D eigenvalue weighted by atomic mass is 10.0. The fraction of sp³-hybridized carbons (Fsp3) is 0.417. The molecule has 0 aliphatic rings. The van der Waals surface area contributed by atoms with Gasteiger partial charge in [0.05, 0.1) is 0 Å². The van der Waals surface area contributed by atoms with Crippen molar-refractivity contribution in [3.05, 3.63) is 30.0 Å². The van der Waals surface area contributed by atoms with Gasteiger partial charge in [-0.1, -0.05) is 13.8 Å². The molecule has 0 radical (unpaired) electrons. The zero-order chi connectivity index (χ0) is 13.1. The number of alkyl halides is 2. The largest absolute Gasteiger partial charge is 0.439 e. The Morgan fingerprint density at radius 2 is 2.17 bits per heavy atom. The molecule has 2 heterocycles. The number of oxazole rings is 1. The Labute approximate surface area is 103 Å². The Kier molecular flexibility index (Phi) is 3.64. The summed E-state index contributed by atoms with van der Waals surface area (Å²) in [5, 5.41) is 0. The van der Waals surface area contributed by atoms with Gasteiger partial charge < -0.3 is 4.42 Å². The third-order valence-corrected chi connectivity index (χ3v) is 2.75. The van der Waals surface area contributed by atoms with Gasteiger partial charge >= 0.3 is 0 Å². The Morgan fingerprint density at radius 1 is 1.39 bits per heavy atom. The van der Waals surface area contributed by atoms with Crippen LogP contribution in [-0.2, 0) is 0 Å². The molecule has 18 heavy (non-hydrogen) atoms. The van der Waals surface area contributed by atoms with Gasteiger partial charge in [0.15, 0.2) is 0 Å². The van der Waals surface area contributed by atoms with Crippen molar-refractivity contribution in [1.29, 1.82) is 0 Å². The molecule has 2 aromatic rings. The van der Waals surface area contributed by atoms with Crippen LogP contribution < -0.4 is 0 Å². The van der Waals surface area contributed by atoms with Gasteiger partial charge in [0, 0.05) is 12.1 Å². The summed E-state index contributed by atoms with van der Waals surface area (Å²) >= 11 is 0. The number of aromatic nitrogens is 3. The molecule has 96 valence electrons. The highest BCUT2D eigenvalue weighted by Crippen LogP contribution is 2.33. The van der Waals surface area contributed by atoms with E-state index < -0.39 is 6.43 Å². The van der Waals surface area contributed by atoms with Gasteiger partial charge in [-0.2, -0.15) is 0 Å². The highest BCUT2D eigenvalue weighted by molar-refractivity contribution is 5.46. The number of nitrogens with zero attached hydrogens (tertiary/aromatic N) is 3. The quantitative estimate of drug-likeness (QED) is 0.835. The van der Waals surface area contributed by atoms with Crippen molar-refractivity contribution in [2.75, 3.05) is 0 Å². The van der Waals surface area contributed by atoms with Crippen LogP contribution in [0.25, 0.3) is 11.6 Å². The van der Waals surface area contributed by atoms with Crippen molar-refractivity contribution in [2.24, 2.45) is 0 Å². The fourth-order valence-electron chi connectivity index (χ4n) is 1.57. The van der Waals surface area contributed by atoms with Gasteiger partial charge in [0.2, 0.25) is 5.89 Å². The summed E-state index contributed by atoms with van der Waals surface area (Å²) in [6.07, 6.45) is 0.897. The van der Waals surface area contributed by atoms with Crippen molar-refractivity contribution in [1.82, 2.24) is 15.0 Å². The van der Waals surface area contributed by atoms with E-state index in [1.807, 2.05) is 13.8 Å². The van der Waals surface area contributed by atoms with E-state index in [2.05, 4.69) is 15.0 Å². The molecule has 0 fully saturated rings. The maximum absolute atomic E-state index is 12.9. The summed E-state index contributed by atoms with van der Waals surface area (Å²) in [7, 11) is 0. The van der Waals surface area contributed by atoms with Crippen molar-refractivity contribution in [3.63, 3.8) is 0 Å². The predicted molar refractivity (Wildman–Crippen MR) is 61.2 cm³/mol. The average Bonchev–Trinajstić information content (AvgIpc) is 2.84. The molecule has 0 aromatic carbocycles. The van der Waals surface area contributed by atoms with Crippen LogP contribution in [0.15, 0.2) is 23.0 Å². The van der Waals surface area contributed by atoms with Gasteiger partial charge in [-0.25, -0.2) is 23.7 Å². The number of rotatable bonds is 4. The van der Waals surface area contributed by atoms with Crippen LogP contribution in [0, 0.1) is 0 Å². The molecule has 6 heteroatoms. The van der Waals surface area contributed by atoms with Crippen molar-refractivity contribution < 1.29 is 13.2 Å². The predicted octanol–water partition coefficient (Wildman–Crippen LogP) is 3.58. The minimum atomic E-state index is -2.65. The summed E-state index contributed by atoms with van der Waals surface area (Å²) in [6.45, 7) is 3.74. The molecule has 2 rings (SSSR count). The molecule has 0 aliphatic heterocycles. The lowest BCUT2D eigenvalue weighted by Crippen LogP contribution is -1.96. The van der Waals surface area contributed by atoms with Crippen LogP contribution in [0.5, 0.6) is 0 Å². The van der Waals surface area contributed by atoms with Gasteiger partial charge in [0.25, 0.3) is 6.43 Å². The highest BCUT2D eigenvalue weighted by Gasteiger charge is 2.25. The molecule has 0 bridgehead atoms. The van der Waals surface area contributed by atoms with Crippen molar-refractivity contribution in [2.45, 2.75) is 32.6 Å². The van der Waals surface area contributed by atoms with Crippen LogP contribution in [-0.4, -0.2) is 15.0 Å². The van der Waals surface area contributed by atoms with Crippen molar-refractivity contribution in [3.8, 4) is 11.6 Å². The van der Waals surface area contributed by atoms with Gasteiger partial charge in [-0.15, -0.1) is 0 Å². The Morgan fingerprint density at radius 3 is 2.72 bits per heavy atom. The SMILES string of the molecule is CCC(C)c1oc(-c2ccncn2)nc1C(F)F. The average molecular weight is 253 g/mol. The first kappa shape index (κ1) is 12.6. The fourth-order valence-corrected chi connectivity index (χ4v) is 1.57. The third-order valence-electron chi connectivity index (χ3n) is 2.75. The van der Waals surface area contributed by atoms with Gasteiger partial charge in [-0.3, -0.25) is 0 Å². The van der Waals surface area contributed by atoms with E-state index in [9.17, 15) is 8.78 Å². The second-order valence-corrected chi connectivity index (χ2v) is 3.97. The Balaban J connectivity index is 2.46. The van der Waals surface area contributed by atoms with E-state index in [1.54, 1.807) is 6.07 Å². The molecule has 0 aliphatic carbocycles. The maximum Gasteiger partial charge on any atom is 0.283 e. The summed E-state index contributed by atoms with van der Waals surface area (Å²) in [4.78, 5) is 11.5. The molecule has 0 spiro atoms. The molecular weight excluding hydrogens is 240 g/mol. The van der Waals surface area contributed by atoms with E-state index in [1.165, 1.54) is 12.5 Å². The maximum atomic E-state index is 12.9. The van der Waals surface area contributed by atoms with Crippen LogP contribution in [0.2, 0.25) is 0 Å². The lowest BCUT2D eigenvalue weighted by Gasteiger charge is -2.05. The minimum Gasteiger partial charge on any atom is -0.439 e. The molecule has 0 N–H and O–H groups in total. The van der Waals surface area contributed by atoms with Crippen LogP contribution >= 0.6 is 0 Å². The Bertz CT molecular complexity index is 513. The zero-order valence-electron chi connectivity index (χ0n) is 10.1. The van der Waals surface area contributed by atoms with E-state index >= 15 is 0 Å². The van der Waals surface area contributed by atoms with Crippen LogP contribution in [0.4, 0.5) is 8.78 Å². The van der Waals surface area contributed by atoms with Gasteiger partial charge in [-0.05, 0) is 12.5 Å².